The first-order valence-corrected chi connectivity index (χ1v) is 5.15. The molecule has 2 N–H and O–H groups in total. The second-order valence-corrected chi connectivity index (χ2v) is 3.56. The molecule has 3 nitrogen and oxygen atoms in total. The lowest BCUT2D eigenvalue weighted by atomic mass is 10.2. The Hall–Kier alpha value is -1.19. The Morgan fingerprint density at radius 2 is 1.93 bits per heavy atom. The van der Waals surface area contributed by atoms with E-state index in [2.05, 4.69) is 0 Å². The first-order valence-electron chi connectivity index (χ1n) is 4.77. The molecule has 1 aliphatic rings. The third-order valence-electron chi connectivity index (χ3n) is 2.09. The molecule has 0 spiro atoms. The van der Waals surface area contributed by atoms with E-state index in [-0.39, 0.29) is 0 Å². The van der Waals surface area contributed by atoms with Gasteiger partial charge in [0.15, 0.2) is 11.5 Å². The van der Waals surface area contributed by atoms with Gasteiger partial charge < -0.3 is 15.2 Å². The smallest absolute Gasteiger partial charge is 0.162 e. The molecular formula is C11H12ClNO2. The van der Waals surface area contributed by atoms with E-state index >= 15 is 0 Å². The van der Waals surface area contributed by atoms with Crippen LogP contribution in [0.2, 0.25) is 5.02 Å². The quantitative estimate of drug-likeness (QED) is 0.838. The number of ether oxygens (including phenoxy) is 2. The van der Waals surface area contributed by atoms with Crippen molar-refractivity contribution in [3.8, 4) is 11.5 Å². The van der Waals surface area contributed by atoms with Gasteiger partial charge in [-0.25, -0.2) is 0 Å². The molecule has 0 bridgehead atoms. The second-order valence-electron chi connectivity index (χ2n) is 3.16. The summed E-state index contributed by atoms with van der Waals surface area (Å²) in [6.07, 6.45) is 3.72. The Morgan fingerprint density at radius 1 is 1.27 bits per heavy atom. The highest BCUT2D eigenvalue weighted by Crippen LogP contribution is 2.35. The van der Waals surface area contributed by atoms with Crippen molar-refractivity contribution in [1.82, 2.24) is 0 Å². The minimum absolute atomic E-state index is 0.491. The van der Waals surface area contributed by atoms with Crippen LogP contribution >= 0.6 is 11.6 Å². The summed E-state index contributed by atoms with van der Waals surface area (Å²) in [7, 11) is 0. The number of nitrogens with two attached hydrogens (primary N) is 1. The zero-order valence-corrected chi connectivity index (χ0v) is 8.96. The summed E-state index contributed by atoms with van der Waals surface area (Å²) >= 11 is 6.07. The molecule has 0 aromatic heterocycles. The van der Waals surface area contributed by atoms with E-state index in [0.29, 0.717) is 30.5 Å². The highest BCUT2D eigenvalue weighted by molar-refractivity contribution is 6.32. The molecule has 0 saturated carbocycles. The number of hydrogen-bond donors (Lipinski definition) is 1. The van der Waals surface area contributed by atoms with Gasteiger partial charge in [-0.2, -0.15) is 0 Å². The predicted molar refractivity (Wildman–Crippen MR) is 60.5 cm³/mol. The van der Waals surface area contributed by atoms with Gasteiger partial charge in [0.1, 0.15) is 13.2 Å². The third-order valence-corrected chi connectivity index (χ3v) is 2.42. The number of halogens is 1. The van der Waals surface area contributed by atoms with Gasteiger partial charge in [0.05, 0.1) is 5.02 Å². The van der Waals surface area contributed by atoms with Crippen LogP contribution in [0.4, 0.5) is 0 Å². The lowest BCUT2D eigenvalue weighted by molar-refractivity contribution is 0.171. The van der Waals surface area contributed by atoms with Crippen LogP contribution in [0.15, 0.2) is 18.2 Å². The highest BCUT2D eigenvalue weighted by Gasteiger charge is 2.13. The van der Waals surface area contributed by atoms with E-state index in [9.17, 15) is 0 Å². The minimum atomic E-state index is 0.491. The van der Waals surface area contributed by atoms with Crippen molar-refractivity contribution in [2.45, 2.75) is 0 Å². The van der Waals surface area contributed by atoms with Crippen molar-refractivity contribution < 1.29 is 9.47 Å². The standard InChI is InChI=1S/C11H12ClNO2/c12-9-7-11-10(14-4-5-15-11)6-8(9)2-1-3-13/h1-2,6-7H,3-5,13H2/b2-1+. The highest BCUT2D eigenvalue weighted by atomic mass is 35.5. The SMILES string of the molecule is NC/C=C/c1cc2c(cc1Cl)OCCO2. The largest absolute Gasteiger partial charge is 0.486 e. The monoisotopic (exact) mass is 225 g/mol. The number of fused-ring (bicyclic) bond motifs is 1. The molecule has 15 heavy (non-hydrogen) atoms. The maximum absolute atomic E-state index is 6.07. The van der Waals surface area contributed by atoms with Crippen molar-refractivity contribution in [1.29, 1.82) is 0 Å². The summed E-state index contributed by atoms with van der Waals surface area (Å²) in [6, 6.07) is 3.63. The Morgan fingerprint density at radius 3 is 2.60 bits per heavy atom. The summed E-state index contributed by atoms with van der Waals surface area (Å²) in [5.41, 5.74) is 6.27. The van der Waals surface area contributed by atoms with Crippen LogP contribution in [-0.4, -0.2) is 19.8 Å². The maximum atomic E-state index is 6.07. The topological polar surface area (TPSA) is 44.5 Å². The summed E-state index contributed by atoms with van der Waals surface area (Å²) in [5, 5.41) is 0.643. The van der Waals surface area contributed by atoms with E-state index in [1.165, 1.54) is 0 Å². The van der Waals surface area contributed by atoms with Gasteiger partial charge in [-0.05, 0) is 11.6 Å². The van der Waals surface area contributed by atoms with Gasteiger partial charge >= 0.3 is 0 Å². The summed E-state index contributed by atoms with van der Waals surface area (Å²) < 4.78 is 10.9. The van der Waals surface area contributed by atoms with E-state index in [0.717, 1.165) is 11.3 Å². The van der Waals surface area contributed by atoms with Gasteiger partial charge in [-0.15, -0.1) is 0 Å². The fourth-order valence-corrected chi connectivity index (χ4v) is 1.62. The second kappa shape index (κ2) is 4.55. The Kier molecular flexibility index (Phi) is 3.14. The van der Waals surface area contributed by atoms with Crippen molar-refractivity contribution in [2.75, 3.05) is 19.8 Å². The Labute approximate surface area is 93.4 Å². The van der Waals surface area contributed by atoms with Crippen LogP contribution in [0.5, 0.6) is 11.5 Å². The molecule has 0 saturated heterocycles. The lowest BCUT2D eigenvalue weighted by Gasteiger charge is -2.19. The molecule has 0 atom stereocenters. The van der Waals surface area contributed by atoms with Gasteiger partial charge in [-0.1, -0.05) is 23.8 Å². The van der Waals surface area contributed by atoms with Gasteiger partial charge in [0, 0.05) is 12.6 Å². The predicted octanol–water partition coefficient (Wildman–Crippen LogP) is 2.08. The molecule has 4 heteroatoms. The summed E-state index contributed by atoms with van der Waals surface area (Å²) in [5.74, 6) is 1.44. The summed E-state index contributed by atoms with van der Waals surface area (Å²) in [6.45, 7) is 1.64. The van der Waals surface area contributed by atoms with E-state index in [1.54, 1.807) is 6.07 Å². The van der Waals surface area contributed by atoms with Gasteiger partial charge in [0.2, 0.25) is 0 Å². The number of rotatable bonds is 2. The Bertz CT molecular complexity index is 390. The average molecular weight is 226 g/mol. The first-order chi connectivity index (χ1) is 7.31. The molecule has 0 radical (unpaired) electrons. The fourth-order valence-electron chi connectivity index (χ4n) is 1.40. The van der Waals surface area contributed by atoms with Crippen molar-refractivity contribution >= 4 is 17.7 Å². The number of hydrogen-bond acceptors (Lipinski definition) is 3. The minimum Gasteiger partial charge on any atom is -0.486 e. The molecule has 1 aromatic carbocycles. The number of benzene rings is 1. The molecule has 0 unspecified atom stereocenters. The molecule has 1 aliphatic heterocycles. The van der Waals surface area contributed by atoms with Crippen molar-refractivity contribution in [3.05, 3.63) is 28.8 Å². The fraction of sp³-hybridized carbons (Fsp3) is 0.273. The zero-order valence-electron chi connectivity index (χ0n) is 8.20. The maximum Gasteiger partial charge on any atom is 0.162 e. The molecule has 1 aromatic rings. The third kappa shape index (κ3) is 2.25. The summed E-state index contributed by atoms with van der Waals surface area (Å²) in [4.78, 5) is 0. The molecule has 80 valence electrons. The van der Waals surface area contributed by atoms with E-state index in [1.807, 2.05) is 18.2 Å². The van der Waals surface area contributed by atoms with Gasteiger partial charge in [-0.3, -0.25) is 0 Å². The molecule has 0 aliphatic carbocycles. The molecule has 0 amide bonds. The van der Waals surface area contributed by atoms with E-state index < -0.39 is 0 Å². The molecular weight excluding hydrogens is 214 g/mol. The molecule has 0 fully saturated rings. The zero-order chi connectivity index (χ0) is 10.7. The van der Waals surface area contributed by atoms with Crippen molar-refractivity contribution in [3.63, 3.8) is 0 Å². The average Bonchev–Trinajstić information content (AvgIpc) is 2.26. The van der Waals surface area contributed by atoms with Crippen molar-refractivity contribution in [2.24, 2.45) is 5.73 Å². The van der Waals surface area contributed by atoms with Crippen LogP contribution in [-0.2, 0) is 0 Å². The normalized spacial score (nSPS) is 14.5. The van der Waals surface area contributed by atoms with Gasteiger partial charge in [0.25, 0.3) is 0 Å². The lowest BCUT2D eigenvalue weighted by Crippen LogP contribution is -2.15. The van der Waals surface area contributed by atoms with Crippen LogP contribution in [0.1, 0.15) is 5.56 Å². The van der Waals surface area contributed by atoms with Crippen LogP contribution in [0.3, 0.4) is 0 Å². The molecule has 1 heterocycles. The van der Waals surface area contributed by atoms with Crippen LogP contribution < -0.4 is 15.2 Å². The molecule has 2 rings (SSSR count). The first kappa shape index (κ1) is 10.3. The van der Waals surface area contributed by atoms with E-state index in [4.69, 9.17) is 26.8 Å². The van der Waals surface area contributed by atoms with Crippen LogP contribution in [0, 0.1) is 0 Å². The van der Waals surface area contributed by atoms with Crippen LogP contribution in [0.25, 0.3) is 6.08 Å². The Balaban J connectivity index is 2.36.